The molecular formula is C23H25FN4O4. The Morgan fingerprint density at radius 3 is 2.31 bits per heavy atom. The number of amides is 2. The second-order valence-electron chi connectivity index (χ2n) is 8.20. The Morgan fingerprint density at radius 1 is 1.03 bits per heavy atom. The van der Waals surface area contributed by atoms with Crippen LogP contribution in [0.4, 0.5) is 15.8 Å². The Hall–Kier alpha value is -3.49. The molecule has 2 saturated heterocycles. The fraction of sp³-hybridized carbons (Fsp3) is 0.391. The van der Waals surface area contributed by atoms with Crippen LogP contribution in [0.1, 0.15) is 12.0 Å². The molecule has 2 aromatic carbocycles. The quantitative estimate of drug-likeness (QED) is 0.509. The van der Waals surface area contributed by atoms with E-state index in [4.69, 9.17) is 0 Å². The average Bonchev–Trinajstić information content (AvgIpc) is 3.19. The van der Waals surface area contributed by atoms with E-state index in [0.29, 0.717) is 45.7 Å². The van der Waals surface area contributed by atoms with E-state index in [1.807, 2.05) is 4.90 Å². The van der Waals surface area contributed by atoms with E-state index in [9.17, 15) is 24.1 Å². The Kier molecular flexibility index (Phi) is 6.34. The Morgan fingerprint density at radius 2 is 1.69 bits per heavy atom. The lowest BCUT2D eigenvalue weighted by atomic mass is 10.1. The molecule has 2 amide bonds. The number of hydrogen-bond donors (Lipinski definition) is 0. The van der Waals surface area contributed by atoms with Crippen molar-refractivity contribution < 1.29 is 18.9 Å². The van der Waals surface area contributed by atoms with Crippen LogP contribution in [0.2, 0.25) is 0 Å². The van der Waals surface area contributed by atoms with Crippen molar-refractivity contribution in [1.82, 2.24) is 9.80 Å². The Balaban J connectivity index is 1.27. The van der Waals surface area contributed by atoms with E-state index in [1.165, 1.54) is 24.3 Å². The number of halogens is 1. The van der Waals surface area contributed by atoms with E-state index < -0.39 is 4.92 Å². The minimum atomic E-state index is -0.424. The smallest absolute Gasteiger partial charge is 0.269 e. The zero-order valence-corrected chi connectivity index (χ0v) is 17.7. The normalized spacial score (nSPS) is 18.8. The molecule has 0 aromatic heterocycles. The molecule has 0 N–H and O–H groups in total. The van der Waals surface area contributed by atoms with E-state index in [-0.39, 0.29) is 35.7 Å². The van der Waals surface area contributed by atoms with Crippen LogP contribution in [0.3, 0.4) is 0 Å². The molecule has 8 nitrogen and oxygen atoms in total. The summed E-state index contributed by atoms with van der Waals surface area (Å²) < 4.78 is 13.0. The highest BCUT2D eigenvalue weighted by Gasteiger charge is 2.37. The molecule has 0 spiro atoms. The van der Waals surface area contributed by atoms with Gasteiger partial charge in [-0.15, -0.1) is 0 Å². The molecule has 2 aromatic rings. The lowest BCUT2D eigenvalue weighted by Crippen LogP contribution is -2.50. The highest BCUT2D eigenvalue weighted by molar-refractivity contribution is 5.89. The first-order valence-corrected chi connectivity index (χ1v) is 10.7. The molecule has 2 aliphatic rings. The Labute approximate surface area is 185 Å². The summed E-state index contributed by atoms with van der Waals surface area (Å²) in [5, 5.41) is 10.8. The third-order valence-corrected chi connectivity index (χ3v) is 6.16. The molecule has 0 radical (unpaired) electrons. The molecule has 0 saturated carbocycles. The summed E-state index contributed by atoms with van der Waals surface area (Å²) in [6.45, 7) is 3.31. The number of nitrogens with zero attached hydrogens (tertiary/aromatic N) is 4. The van der Waals surface area contributed by atoms with Crippen molar-refractivity contribution in [3.8, 4) is 0 Å². The lowest BCUT2D eigenvalue weighted by molar-refractivity contribution is -0.384. The fourth-order valence-electron chi connectivity index (χ4n) is 4.30. The number of benzene rings is 2. The van der Waals surface area contributed by atoms with Gasteiger partial charge in [-0.1, -0.05) is 12.1 Å². The van der Waals surface area contributed by atoms with Gasteiger partial charge in [-0.25, -0.2) is 4.39 Å². The van der Waals surface area contributed by atoms with Gasteiger partial charge in [0.05, 0.1) is 10.8 Å². The standard InChI is InChI=1S/C23H25FN4O4/c24-19-3-1-17(2-4-19)9-10-27-16-18(15-22(27)29)23(30)26-13-11-25(12-14-26)20-5-7-21(8-6-20)28(31)32/h1-8,18H,9-16H2/t18-/m1/s1. The molecular weight excluding hydrogens is 415 g/mol. The van der Waals surface area contributed by atoms with Crippen molar-refractivity contribution in [2.75, 3.05) is 44.2 Å². The first kappa shape index (κ1) is 21.7. The third kappa shape index (κ3) is 4.87. The molecule has 9 heteroatoms. The predicted octanol–water partition coefficient (Wildman–Crippen LogP) is 2.47. The summed E-state index contributed by atoms with van der Waals surface area (Å²) in [4.78, 5) is 41.4. The van der Waals surface area contributed by atoms with Crippen molar-refractivity contribution in [3.05, 3.63) is 70.0 Å². The van der Waals surface area contributed by atoms with Crippen LogP contribution in [0, 0.1) is 21.8 Å². The number of nitro groups is 1. The van der Waals surface area contributed by atoms with Gasteiger partial charge in [-0.3, -0.25) is 19.7 Å². The molecule has 2 heterocycles. The van der Waals surface area contributed by atoms with Gasteiger partial charge in [0.1, 0.15) is 5.82 Å². The minimum absolute atomic E-state index is 0.00554. The van der Waals surface area contributed by atoms with Crippen LogP contribution in [0.15, 0.2) is 48.5 Å². The van der Waals surface area contributed by atoms with Crippen LogP contribution < -0.4 is 4.90 Å². The molecule has 32 heavy (non-hydrogen) atoms. The molecule has 0 bridgehead atoms. The van der Waals surface area contributed by atoms with Crippen molar-refractivity contribution in [3.63, 3.8) is 0 Å². The van der Waals surface area contributed by atoms with Crippen molar-refractivity contribution in [2.45, 2.75) is 12.8 Å². The van der Waals surface area contributed by atoms with Gasteiger partial charge in [-0.2, -0.15) is 0 Å². The number of non-ortho nitro benzene ring substituents is 1. The van der Waals surface area contributed by atoms with Gasteiger partial charge in [0, 0.05) is 63.5 Å². The first-order valence-electron chi connectivity index (χ1n) is 10.7. The van der Waals surface area contributed by atoms with E-state index >= 15 is 0 Å². The van der Waals surface area contributed by atoms with Crippen molar-refractivity contribution in [2.24, 2.45) is 5.92 Å². The maximum absolute atomic E-state index is 13.0. The molecule has 1 atom stereocenters. The van der Waals surface area contributed by atoms with Crippen LogP contribution in [-0.4, -0.2) is 65.8 Å². The molecule has 168 valence electrons. The van der Waals surface area contributed by atoms with Crippen molar-refractivity contribution in [1.29, 1.82) is 0 Å². The summed E-state index contributed by atoms with van der Waals surface area (Å²) in [5.41, 5.74) is 1.90. The number of carbonyl (C=O) groups excluding carboxylic acids is 2. The van der Waals surface area contributed by atoms with Gasteiger partial charge < -0.3 is 14.7 Å². The number of piperazine rings is 1. The van der Waals surface area contributed by atoms with Gasteiger partial charge in [0.25, 0.3) is 5.69 Å². The minimum Gasteiger partial charge on any atom is -0.368 e. The average molecular weight is 440 g/mol. The molecule has 0 aliphatic carbocycles. The maximum atomic E-state index is 13.0. The summed E-state index contributed by atoms with van der Waals surface area (Å²) in [7, 11) is 0. The van der Waals surface area contributed by atoms with Gasteiger partial charge in [-0.05, 0) is 36.2 Å². The van der Waals surface area contributed by atoms with E-state index in [0.717, 1.165) is 11.3 Å². The number of carbonyl (C=O) groups is 2. The molecule has 2 aliphatic heterocycles. The van der Waals surface area contributed by atoms with E-state index in [2.05, 4.69) is 4.90 Å². The van der Waals surface area contributed by atoms with Gasteiger partial charge in [0.15, 0.2) is 0 Å². The summed E-state index contributed by atoms with van der Waals surface area (Å²) in [6.07, 6.45) is 0.853. The summed E-state index contributed by atoms with van der Waals surface area (Å²) in [6, 6.07) is 12.7. The van der Waals surface area contributed by atoms with Crippen LogP contribution in [0.5, 0.6) is 0 Å². The number of hydrogen-bond acceptors (Lipinski definition) is 5. The highest BCUT2D eigenvalue weighted by atomic mass is 19.1. The van der Waals surface area contributed by atoms with Crippen LogP contribution >= 0.6 is 0 Å². The number of rotatable bonds is 6. The second kappa shape index (κ2) is 9.33. The SMILES string of the molecule is O=C1C[C@@H](C(=O)N2CCN(c3ccc([N+](=O)[O-])cc3)CC2)CN1CCc1ccc(F)cc1. The maximum Gasteiger partial charge on any atom is 0.269 e. The van der Waals surface area contributed by atoms with Crippen LogP contribution in [0.25, 0.3) is 0 Å². The van der Waals surface area contributed by atoms with E-state index in [1.54, 1.807) is 29.2 Å². The summed E-state index contributed by atoms with van der Waals surface area (Å²) in [5.74, 6) is -0.632. The summed E-state index contributed by atoms with van der Waals surface area (Å²) >= 11 is 0. The number of likely N-dealkylation sites (tertiary alicyclic amines) is 1. The number of nitro benzene ring substituents is 1. The zero-order chi connectivity index (χ0) is 22.7. The topological polar surface area (TPSA) is 87.0 Å². The van der Waals surface area contributed by atoms with Gasteiger partial charge in [0.2, 0.25) is 11.8 Å². The molecule has 2 fully saturated rings. The largest absolute Gasteiger partial charge is 0.368 e. The van der Waals surface area contributed by atoms with Gasteiger partial charge >= 0.3 is 0 Å². The Bertz CT molecular complexity index is 988. The number of anilines is 1. The highest BCUT2D eigenvalue weighted by Crippen LogP contribution is 2.24. The third-order valence-electron chi connectivity index (χ3n) is 6.16. The lowest BCUT2D eigenvalue weighted by Gasteiger charge is -2.37. The second-order valence-corrected chi connectivity index (χ2v) is 8.20. The van der Waals surface area contributed by atoms with Crippen molar-refractivity contribution >= 4 is 23.2 Å². The zero-order valence-electron chi connectivity index (χ0n) is 17.7. The molecule has 0 unspecified atom stereocenters. The molecule has 4 rings (SSSR count). The fourth-order valence-corrected chi connectivity index (χ4v) is 4.30. The first-order chi connectivity index (χ1) is 15.4. The predicted molar refractivity (Wildman–Crippen MR) is 117 cm³/mol. The van der Waals surface area contributed by atoms with Crippen LogP contribution in [-0.2, 0) is 16.0 Å². The monoisotopic (exact) mass is 440 g/mol.